The molecule has 2 aromatic heterocycles. The van der Waals surface area contributed by atoms with Crippen molar-refractivity contribution < 1.29 is 9.18 Å². The quantitative estimate of drug-likeness (QED) is 0.463. The van der Waals surface area contributed by atoms with E-state index in [0.29, 0.717) is 39.9 Å². The average molecular weight is 426 g/mol. The zero-order valence-corrected chi connectivity index (χ0v) is 17.2. The number of carbonyl (C=O) groups is 1. The number of amides is 1. The van der Waals surface area contributed by atoms with E-state index in [2.05, 4.69) is 10.4 Å². The van der Waals surface area contributed by atoms with Crippen LogP contribution in [0.25, 0.3) is 16.6 Å². The third kappa shape index (κ3) is 3.33. The molecule has 7 heteroatoms. The molecule has 0 aliphatic carbocycles. The fraction of sp³-hybridized carbons (Fsp3) is 0.0800. The largest absolute Gasteiger partial charge is 0.322 e. The van der Waals surface area contributed by atoms with E-state index in [1.54, 1.807) is 58.6 Å². The van der Waals surface area contributed by atoms with Gasteiger partial charge in [0.25, 0.3) is 11.5 Å². The smallest absolute Gasteiger partial charge is 0.277 e. The third-order valence-corrected chi connectivity index (χ3v) is 5.56. The first kappa shape index (κ1) is 19.7. The van der Waals surface area contributed by atoms with E-state index in [9.17, 15) is 14.0 Å². The lowest BCUT2D eigenvalue weighted by Crippen LogP contribution is -2.24. The summed E-state index contributed by atoms with van der Waals surface area (Å²) in [4.78, 5) is 26.2. The van der Waals surface area contributed by atoms with Crippen molar-refractivity contribution in [3.05, 3.63) is 112 Å². The van der Waals surface area contributed by atoms with Crippen molar-refractivity contribution in [1.29, 1.82) is 0 Å². The van der Waals surface area contributed by atoms with Crippen LogP contribution in [0.5, 0.6) is 0 Å². The van der Waals surface area contributed by atoms with Gasteiger partial charge in [-0.3, -0.25) is 9.59 Å². The van der Waals surface area contributed by atoms with Gasteiger partial charge in [0.05, 0.1) is 23.8 Å². The number of benzene rings is 3. The second-order valence-electron chi connectivity index (χ2n) is 7.58. The summed E-state index contributed by atoms with van der Waals surface area (Å²) in [6, 6.07) is 21.0. The van der Waals surface area contributed by atoms with Crippen LogP contribution in [0.4, 0.5) is 10.1 Å². The minimum Gasteiger partial charge on any atom is -0.322 e. The van der Waals surface area contributed by atoms with E-state index in [1.807, 2.05) is 30.3 Å². The lowest BCUT2D eigenvalue weighted by Gasteiger charge is -2.14. The maximum Gasteiger partial charge on any atom is 0.277 e. The van der Waals surface area contributed by atoms with E-state index in [-0.39, 0.29) is 17.3 Å². The van der Waals surface area contributed by atoms with Gasteiger partial charge >= 0.3 is 0 Å². The number of nitrogens with one attached hydrogen (secondary N) is 1. The Balaban J connectivity index is 1.64. The summed E-state index contributed by atoms with van der Waals surface area (Å²) in [6.45, 7) is 1.96. The molecule has 0 unspecified atom stereocenters. The minimum absolute atomic E-state index is 0.197. The molecule has 5 rings (SSSR count). The average Bonchev–Trinajstić information content (AvgIpc) is 3.30. The zero-order valence-electron chi connectivity index (χ0n) is 17.2. The van der Waals surface area contributed by atoms with E-state index in [4.69, 9.17) is 0 Å². The van der Waals surface area contributed by atoms with E-state index in [0.717, 1.165) is 5.56 Å². The highest BCUT2D eigenvalue weighted by Gasteiger charge is 2.16. The summed E-state index contributed by atoms with van der Waals surface area (Å²) in [6.07, 6.45) is 1.58. The molecule has 0 spiro atoms. The van der Waals surface area contributed by atoms with Gasteiger partial charge in [-0.25, -0.2) is 8.91 Å². The van der Waals surface area contributed by atoms with Gasteiger partial charge in [-0.1, -0.05) is 36.4 Å². The van der Waals surface area contributed by atoms with Gasteiger partial charge in [-0.15, -0.1) is 0 Å². The molecule has 0 saturated carbocycles. The molecule has 1 amide bonds. The molecule has 32 heavy (non-hydrogen) atoms. The second kappa shape index (κ2) is 7.77. The van der Waals surface area contributed by atoms with Crippen LogP contribution in [-0.4, -0.2) is 20.1 Å². The van der Waals surface area contributed by atoms with Crippen LogP contribution >= 0.6 is 0 Å². The number of hydrogen-bond donors (Lipinski definition) is 1. The van der Waals surface area contributed by atoms with Crippen LogP contribution in [0.1, 0.15) is 21.5 Å². The molecule has 158 valence electrons. The SMILES string of the molecule is Cc1c(F)cccc1NC(=O)c1ccc2c(c1)n(Cc1ccccc1)c(=O)c1ccnn12. The van der Waals surface area contributed by atoms with E-state index in [1.165, 1.54) is 6.07 Å². The van der Waals surface area contributed by atoms with Gasteiger partial charge in [0.15, 0.2) is 0 Å². The molecule has 1 N–H and O–H groups in total. The van der Waals surface area contributed by atoms with E-state index >= 15 is 0 Å². The van der Waals surface area contributed by atoms with E-state index < -0.39 is 0 Å². The van der Waals surface area contributed by atoms with Crippen molar-refractivity contribution in [2.24, 2.45) is 0 Å². The molecule has 5 aromatic rings. The summed E-state index contributed by atoms with van der Waals surface area (Å²) >= 11 is 0. The van der Waals surface area contributed by atoms with Gasteiger partial charge in [-0.05, 0) is 48.9 Å². The van der Waals surface area contributed by atoms with Crippen molar-refractivity contribution >= 4 is 28.1 Å². The summed E-state index contributed by atoms with van der Waals surface area (Å²) < 4.78 is 17.1. The van der Waals surface area contributed by atoms with Crippen LogP contribution in [0.15, 0.2) is 83.8 Å². The highest BCUT2D eigenvalue weighted by atomic mass is 19.1. The predicted octanol–water partition coefficient (Wildman–Crippen LogP) is 4.40. The molecule has 6 nitrogen and oxygen atoms in total. The Labute approximate surface area is 182 Å². The Morgan fingerprint density at radius 3 is 2.59 bits per heavy atom. The molecule has 0 aliphatic rings. The Kier molecular flexibility index (Phi) is 4.78. The number of fused-ring (bicyclic) bond motifs is 3. The monoisotopic (exact) mass is 426 g/mol. The number of anilines is 1. The second-order valence-corrected chi connectivity index (χ2v) is 7.58. The van der Waals surface area contributed by atoms with Gasteiger partial charge in [-0.2, -0.15) is 5.10 Å². The molecule has 0 saturated heterocycles. The molecule has 0 radical (unpaired) electrons. The maximum atomic E-state index is 13.9. The number of aromatic nitrogens is 3. The van der Waals surface area contributed by atoms with Crippen LogP contribution in [0, 0.1) is 12.7 Å². The number of hydrogen-bond acceptors (Lipinski definition) is 3. The number of halogens is 1. The minimum atomic E-state index is -0.390. The molecular weight excluding hydrogens is 407 g/mol. The van der Waals surface area contributed by atoms with Crippen LogP contribution in [-0.2, 0) is 6.54 Å². The Hall–Kier alpha value is -4.26. The fourth-order valence-corrected chi connectivity index (χ4v) is 3.83. The normalized spacial score (nSPS) is 11.2. The van der Waals surface area contributed by atoms with Gasteiger partial charge in [0, 0.05) is 16.8 Å². The van der Waals surface area contributed by atoms with Crippen molar-refractivity contribution in [2.45, 2.75) is 13.5 Å². The van der Waals surface area contributed by atoms with Crippen molar-refractivity contribution in [3.8, 4) is 0 Å². The molecule has 3 aromatic carbocycles. The Bertz CT molecular complexity index is 1540. The fourth-order valence-electron chi connectivity index (χ4n) is 3.83. The van der Waals surface area contributed by atoms with Gasteiger partial charge < -0.3 is 9.88 Å². The molecule has 0 atom stereocenters. The lowest BCUT2D eigenvalue weighted by molar-refractivity contribution is 0.102. The molecule has 0 aliphatic heterocycles. The molecule has 2 heterocycles. The highest BCUT2D eigenvalue weighted by Crippen LogP contribution is 2.21. The van der Waals surface area contributed by atoms with Crippen molar-refractivity contribution in [2.75, 3.05) is 5.32 Å². The van der Waals surface area contributed by atoms with Gasteiger partial charge in [0.1, 0.15) is 11.3 Å². The number of nitrogens with zero attached hydrogens (tertiary/aromatic N) is 3. The number of rotatable bonds is 4. The molecule has 0 fully saturated rings. The summed E-state index contributed by atoms with van der Waals surface area (Å²) in [5.74, 6) is -0.779. The highest BCUT2D eigenvalue weighted by molar-refractivity contribution is 6.06. The van der Waals surface area contributed by atoms with Crippen molar-refractivity contribution in [1.82, 2.24) is 14.2 Å². The topological polar surface area (TPSA) is 68.4 Å². The summed E-state index contributed by atoms with van der Waals surface area (Å²) in [7, 11) is 0. The summed E-state index contributed by atoms with van der Waals surface area (Å²) in [5.41, 5.74) is 3.63. The predicted molar refractivity (Wildman–Crippen MR) is 122 cm³/mol. The first-order chi connectivity index (χ1) is 15.5. The van der Waals surface area contributed by atoms with Gasteiger partial charge in [0.2, 0.25) is 0 Å². The third-order valence-electron chi connectivity index (χ3n) is 5.56. The first-order valence-corrected chi connectivity index (χ1v) is 10.1. The Morgan fingerprint density at radius 1 is 0.969 bits per heavy atom. The molecule has 0 bridgehead atoms. The van der Waals surface area contributed by atoms with Crippen molar-refractivity contribution in [3.63, 3.8) is 0 Å². The standard InChI is InChI=1S/C25H19FN4O2/c1-16-19(26)8-5-9-20(16)28-24(31)18-10-11-21-23(14-18)29(15-17-6-3-2-4-7-17)25(32)22-12-13-27-30(21)22/h2-14H,15H2,1H3,(H,28,31). The summed E-state index contributed by atoms with van der Waals surface area (Å²) in [5, 5.41) is 7.04. The van der Waals surface area contributed by atoms with Crippen LogP contribution < -0.4 is 10.9 Å². The van der Waals surface area contributed by atoms with Crippen LogP contribution in [0.3, 0.4) is 0 Å². The number of carbonyl (C=O) groups excluding carboxylic acids is 1. The first-order valence-electron chi connectivity index (χ1n) is 10.1. The maximum absolute atomic E-state index is 13.9. The molecular formula is C25H19FN4O2. The lowest BCUT2D eigenvalue weighted by atomic mass is 10.1. The zero-order chi connectivity index (χ0) is 22.2. The van der Waals surface area contributed by atoms with Crippen LogP contribution in [0.2, 0.25) is 0 Å². The Morgan fingerprint density at radius 2 is 1.78 bits per heavy atom.